The molecule has 0 amide bonds. The fourth-order valence-corrected chi connectivity index (χ4v) is 1.61. The van der Waals surface area contributed by atoms with Gasteiger partial charge in [0.1, 0.15) is 0 Å². The summed E-state index contributed by atoms with van der Waals surface area (Å²) < 4.78 is 0. The maximum absolute atomic E-state index is 5.89. The summed E-state index contributed by atoms with van der Waals surface area (Å²) in [6.45, 7) is 2.02. The van der Waals surface area contributed by atoms with E-state index >= 15 is 0 Å². The minimum absolute atomic E-state index is 0.297. The molecule has 16 heavy (non-hydrogen) atoms. The topological polar surface area (TPSA) is 37.8 Å². The summed E-state index contributed by atoms with van der Waals surface area (Å²) in [7, 11) is 0. The average Bonchev–Trinajstić information content (AvgIpc) is 2.24. The van der Waals surface area contributed by atoms with Crippen molar-refractivity contribution in [3.8, 4) is 0 Å². The second kappa shape index (κ2) is 4.68. The maximum atomic E-state index is 5.89. The van der Waals surface area contributed by atoms with Gasteiger partial charge in [-0.1, -0.05) is 35.3 Å². The Morgan fingerprint density at radius 1 is 1.12 bits per heavy atom. The van der Waals surface area contributed by atoms with E-state index in [0.717, 1.165) is 11.3 Å². The molecule has 0 atom stereocenters. The first-order valence-electron chi connectivity index (χ1n) is 4.67. The summed E-state index contributed by atoms with van der Waals surface area (Å²) in [4.78, 5) is 0. The van der Waals surface area contributed by atoms with Gasteiger partial charge in [-0.2, -0.15) is 0 Å². The van der Waals surface area contributed by atoms with E-state index in [1.807, 2.05) is 31.2 Å². The van der Waals surface area contributed by atoms with Gasteiger partial charge in [-0.3, -0.25) is 0 Å². The molecule has 0 saturated carbocycles. The van der Waals surface area contributed by atoms with Crippen molar-refractivity contribution in [2.75, 3.05) is 5.32 Å². The Morgan fingerprint density at radius 2 is 1.94 bits per heavy atom. The number of hydrogen-bond donors (Lipinski definition) is 1. The molecule has 0 fully saturated rings. The monoisotopic (exact) mass is 253 g/mol. The third-order valence-corrected chi connectivity index (χ3v) is 2.48. The van der Waals surface area contributed by atoms with Crippen molar-refractivity contribution in [3.05, 3.63) is 46.2 Å². The molecule has 3 nitrogen and oxygen atoms in total. The van der Waals surface area contributed by atoms with Gasteiger partial charge in [0, 0.05) is 11.8 Å². The fraction of sp³-hybridized carbons (Fsp3) is 0.0909. The van der Waals surface area contributed by atoms with Crippen LogP contribution in [0.5, 0.6) is 0 Å². The zero-order valence-corrected chi connectivity index (χ0v) is 10.0. The Balaban J connectivity index is 2.30. The van der Waals surface area contributed by atoms with Crippen LogP contribution in [-0.2, 0) is 0 Å². The molecule has 1 N–H and O–H groups in total. The van der Waals surface area contributed by atoms with E-state index in [-0.39, 0.29) is 0 Å². The summed E-state index contributed by atoms with van der Waals surface area (Å²) in [5.41, 5.74) is 2.74. The third-order valence-electron chi connectivity index (χ3n) is 2.02. The second-order valence-electron chi connectivity index (χ2n) is 3.37. The van der Waals surface area contributed by atoms with Crippen molar-refractivity contribution >= 4 is 34.6 Å². The standard InChI is InChI=1S/C11H9Cl2N3/c1-7-3-2-4-8(5-7)14-9-6-10(12)15-16-11(9)13/h2-6H,1H3,(H,14,15). The number of rotatable bonds is 2. The first-order valence-corrected chi connectivity index (χ1v) is 5.43. The highest BCUT2D eigenvalue weighted by atomic mass is 35.5. The molecule has 0 radical (unpaired) electrons. The zero-order chi connectivity index (χ0) is 11.5. The van der Waals surface area contributed by atoms with E-state index in [2.05, 4.69) is 15.5 Å². The Hall–Kier alpha value is -1.32. The molecular weight excluding hydrogens is 245 g/mol. The van der Waals surface area contributed by atoms with E-state index in [1.54, 1.807) is 6.07 Å². The van der Waals surface area contributed by atoms with Crippen LogP contribution in [0.2, 0.25) is 10.3 Å². The highest BCUT2D eigenvalue weighted by molar-refractivity contribution is 6.33. The number of benzene rings is 1. The van der Waals surface area contributed by atoms with Crippen LogP contribution in [0.4, 0.5) is 11.4 Å². The summed E-state index contributed by atoms with van der Waals surface area (Å²) in [6, 6.07) is 9.56. The normalized spacial score (nSPS) is 10.2. The van der Waals surface area contributed by atoms with Gasteiger partial charge >= 0.3 is 0 Å². The average molecular weight is 254 g/mol. The van der Waals surface area contributed by atoms with Crippen LogP contribution in [0.25, 0.3) is 0 Å². The van der Waals surface area contributed by atoms with Crippen LogP contribution in [-0.4, -0.2) is 10.2 Å². The number of nitrogens with zero attached hydrogens (tertiary/aromatic N) is 2. The van der Waals surface area contributed by atoms with Crippen molar-refractivity contribution in [2.45, 2.75) is 6.92 Å². The van der Waals surface area contributed by atoms with Gasteiger partial charge in [-0.05, 0) is 24.6 Å². The molecule has 0 aliphatic rings. The molecule has 5 heteroatoms. The number of halogens is 2. The van der Waals surface area contributed by atoms with Gasteiger partial charge in [0.2, 0.25) is 0 Å². The molecule has 1 aromatic heterocycles. The highest BCUT2D eigenvalue weighted by Gasteiger charge is 2.04. The molecule has 0 unspecified atom stereocenters. The first-order chi connectivity index (χ1) is 7.65. The first kappa shape index (κ1) is 11.2. The van der Waals surface area contributed by atoms with E-state index < -0.39 is 0 Å². The molecule has 0 aliphatic heterocycles. The van der Waals surface area contributed by atoms with E-state index in [1.165, 1.54) is 0 Å². The molecule has 0 spiro atoms. The Kier molecular flexibility index (Phi) is 3.27. The van der Waals surface area contributed by atoms with Crippen LogP contribution < -0.4 is 5.32 Å². The fourth-order valence-electron chi connectivity index (χ4n) is 1.32. The lowest BCUT2D eigenvalue weighted by Crippen LogP contribution is -1.95. The highest BCUT2D eigenvalue weighted by Crippen LogP contribution is 2.25. The molecule has 1 aromatic carbocycles. The van der Waals surface area contributed by atoms with Crippen molar-refractivity contribution < 1.29 is 0 Å². The number of anilines is 2. The van der Waals surface area contributed by atoms with E-state index in [4.69, 9.17) is 23.2 Å². The number of aryl methyl sites for hydroxylation is 1. The minimum atomic E-state index is 0.297. The number of nitrogens with one attached hydrogen (secondary N) is 1. The van der Waals surface area contributed by atoms with Gasteiger partial charge in [0.15, 0.2) is 10.3 Å². The number of hydrogen-bond acceptors (Lipinski definition) is 3. The van der Waals surface area contributed by atoms with E-state index in [0.29, 0.717) is 16.0 Å². The predicted molar refractivity (Wildman–Crippen MR) is 66.5 cm³/mol. The van der Waals surface area contributed by atoms with Crippen LogP contribution in [0.1, 0.15) is 5.56 Å². The molecule has 0 aliphatic carbocycles. The quantitative estimate of drug-likeness (QED) is 0.884. The van der Waals surface area contributed by atoms with Crippen LogP contribution in [0.3, 0.4) is 0 Å². The largest absolute Gasteiger partial charge is 0.353 e. The van der Waals surface area contributed by atoms with Crippen molar-refractivity contribution in [2.24, 2.45) is 0 Å². The van der Waals surface area contributed by atoms with Crippen LogP contribution >= 0.6 is 23.2 Å². The smallest absolute Gasteiger partial charge is 0.175 e. The predicted octanol–water partition coefficient (Wildman–Crippen LogP) is 3.84. The lowest BCUT2D eigenvalue weighted by Gasteiger charge is -2.07. The van der Waals surface area contributed by atoms with Gasteiger partial charge in [0.05, 0.1) is 5.69 Å². The van der Waals surface area contributed by atoms with Crippen molar-refractivity contribution in [1.29, 1.82) is 0 Å². The molecule has 2 rings (SSSR count). The van der Waals surface area contributed by atoms with Crippen molar-refractivity contribution in [1.82, 2.24) is 10.2 Å². The number of aromatic nitrogens is 2. The van der Waals surface area contributed by atoms with Gasteiger partial charge < -0.3 is 5.32 Å². The molecule has 1 heterocycles. The molecule has 2 aromatic rings. The van der Waals surface area contributed by atoms with Crippen molar-refractivity contribution in [3.63, 3.8) is 0 Å². The lowest BCUT2D eigenvalue weighted by molar-refractivity contribution is 1.03. The van der Waals surface area contributed by atoms with Gasteiger partial charge in [-0.25, -0.2) is 0 Å². The minimum Gasteiger partial charge on any atom is -0.353 e. The van der Waals surface area contributed by atoms with Crippen LogP contribution in [0, 0.1) is 6.92 Å². The molecule has 0 bridgehead atoms. The Morgan fingerprint density at radius 3 is 2.69 bits per heavy atom. The lowest BCUT2D eigenvalue weighted by atomic mass is 10.2. The summed E-state index contributed by atoms with van der Waals surface area (Å²) in [6.07, 6.45) is 0. The van der Waals surface area contributed by atoms with Gasteiger partial charge in [0.25, 0.3) is 0 Å². The zero-order valence-electron chi connectivity index (χ0n) is 8.54. The Bertz CT molecular complexity index is 514. The third kappa shape index (κ3) is 2.62. The Labute approximate surface area is 103 Å². The SMILES string of the molecule is Cc1cccc(Nc2cc(Cl)nnc2Cl)c1. The summed E-state index contributed by atoms with van der Waals surface area (Å²) >= 11 is 11.6. The van der Waals surface area contributed by atoms with Gasteiger partial charge in [-0.15, -0.1) is 10.2 Å². The second-order valence-corrected chi connectivity index (χ2v) is 4.11. The van der Waals surface area contributed by atoms with E-state index in [9.17, 15) is 0 Å². The molecule has 0 saturated heterocycles. The molecular formula is C11H9Cl2N3. The maximum Gasteiger partial charge on any atom is 0.175 e. The summed E-state index contributed by atoms with van der Waals surface area (Å²) in [5.74, 6) is 0. The molecule has 82 valence electrons. The van der Waals surface area contributed by atoms with Crippen LogP contribution in [0.15, 0.2) is 30.3 Å². The summed E-state index contributed by atoms with van der Waals surface area (Å²) in [5, 5.41) is 11.1.